The van der Waals surface area contributed by atoms with E-state index in [2.05, 4.69) is 42.5 Å². The average Bonchev–Trinajstić information content (AvgIpc) is 3.21. The van der Waals surface area contributed by atoms with E-state index in [1.54, 1.807) is 0 Å². The number of aromatic nitrogens is 4. The summed E-state index contributed by atoms with van der Waals surface area (Å²) >= 11 is 0. The number of aromatic amines is 1. The van der Waals surface area contributed by atoms with Gasteiger partial charge in [-0.25, -0.2) is 4.98 Å². The molecule has 9 nitrogen and oxygen atoms in total. The van der Waals surface area contributed by atoms with Crippen LogP contribution in [0.1, 0.15) is 5.56 Å². The molecule has 9 heteroatoms. The fraction of sp³-hybridized carbons (Fsp3) is 0.261. The molecule has 5 rings (SSSR count). The minimum absolute atomic E-state index is 0.242. The van der Waals surface area contributed by atoms with Crippen LogP contribution in [0.3, 0.4) is 0 Å². The summed E-state index contributed by atoms with van der Waals surface area (Å²) in [7, 11) is 0. The molecule has 1 saturated heterocycles. The van der Waals surface area contributed by atoms with Crippen LogP contribution >= 0.6 is 0 Å². The lowest BCUT2D eigenvalue weighted by molar-refractivity contribution is 0.122. The van der Waals surface area contributed by atoms with Crippen molar-refractivity contribution in [3.05, 3.63) is 54.1 Å². The summed E-state index contributed by atoms with van der Waals surface area (Å²) in [5.74, 6) is 1.51. The molecule has 1 aliphatic rings. The second-order valence-corrected chi connectivity index (χ2v) is 7.79. The molecule has 0 saturated carbocycles. The van der Waals surface area contributed by atoms with Crippen molar-refractivity contribution in [3.63, 3.8) is 0 Å². The van der Waals surface area contributed by atoms with Crippen molar-refractivity contribution in [1.29, 1.82) is 0 Å². The van der Waals surface area contributed by atoms with Gasteiger partial charge < -0.3 is 26.4 Å². The van der Waals surface area contributed by atoms with Gasteiger partial charge in [-0.05, 0) is 24.1 Å². The highest BCUT2D eigenvalue weighted by Gasteiger charge is 2.17. The lowest BCUT2D eigenvalue weighted by Crippen LogP contribution is -2.36. The first-order chi connectivity index (χ1) is 15.7. The molecule has 0 unspecified atom stereocenters. The number of nitrogens with two attached hydrogens (primary N) is 2. The SMILES string of the molecule is Nc1nc(-c2cc(NCCc3ccccc3)c3c(N)n[nH]c3c2)cc(N2CCOCC2)n1. The van der Waals surface area contributed by atoms with Crippen LogP contribution in [-0.2, 0) is 11.2 Å². The average molecular weight is 431 g/mol. The zero-order chi connectivity index (χ0) is 21.9. The van der Waals surface area contributed by atoms with Gasteiger partial charge in [-0.1, -0.05) is 30.3 Å². The number of fused-ring (bicyclic) bond motifs is 1. The Morgan fingerprint density at radius 1 is 1.03 bits per heavy atom. The predicted octanol–water partition coefficient (Wildman–Crippen LogP) is 2.68. The first-order valence-electron chi connectivity index (χ1n) is 10.7. The summed E-state index contributed by atoms with van der Waals surface area (Å²) in [4.78, 5) is 11.1. The molecule has 3 heterocycles. The Morgan fingerprint density at radius 3 is 2.66 bits per heavy atom. The fourth-order valence-electron chi connectivity index (χ4n) is 4.01. The third kappa shape index (κ3) is 4.15. The predicted molar refractivity (Wildman–Crippen MR) is 128 cm³/mol. The van der Waals surface area contributed by atoms with E-state index < -0.39 is 0 Å². The van der Waals surface area contributed by atoms with Gasteiger partial charge in [0.15, 0.2) is 5.82 Å². The van der Waals surface area contributed by atoms with E-state index in [0.717, 1.165) is 59.7 Å². The Labute approximate surface area is 185 Å². The molecular weight excluding hydrogens is 404 g/mol. The number of morpholine rings is 1. The zero-order valence-corrected chi connectivity index (χ0v) is 17.7. The number of ether oxygens (including phenoxy) is 1. The molecule has 1 fully saturated rings. The van der Waals surface area contributed by atoms with E-state index in [9.17, 15) is 0 Å². The van der Waals surface area contributed by atoms with Gasteiger partial charge in [0.2, 0.25) is 5.95 Å². The highest BCUT2D eigenvalue weighted by Crippen LogP contribution is 2.33. The van der Waals surface area contributed by atoms with Gasteiger partial charge in [-0.15, -0.1) is 0 Å². The molecule has 1 aliphatic heterocycles. The van der Waals surface area contributed by atoms with Crippen LogP contribution in [0.2, 0.25) is 0 Å². The topological polar surface area (TPSA) is 131 Å². The number of nitrogens with zero attached hydrogens (tertiary/aromatic N) is 4. The van der Waals surface area contributed by atoms with Crippen molar-refractivity contribution in [3.8, 4) is 11.3 Å². The van der Waals surface area contributed by atoms with Crippen molar-refractivity contribution >= 4 is 34.2 Å². The van der Waals surface area contributed by atoms with Crippen molar-refractivity contribution in [2.45, 2.75) is 6.42 Å². The molecule has 164 valence electrons. The normalized spacial score (nSPS) is 14.1. The zero-order valence-electron chi connectivity index (χ0n) is 17.7. The molecule has 2 aromatic heterocycles. The smallest absolute Gasteiger partial charge is 0.222 e. The Hall–Kier alpha value is -3.85. The minimum atomic E-state index is 0.242. The highest BCUT2D eigenvalue weighted by molar-refractivity contribution is 6.02. The van der Waals surface area contributed by atoms with Gasteiger partial charge >= 0.3 is 0 Å². The third-order valence-electron chi connectivity index (χ3n) is 5.62. The first kappa shape index (κ1) is 20.1. The molecule has 0 amide bonds. The lowest BCUT2D eigenvalue weighted by atomic mass is 10.1. The van der Waals surface area contributed by atoms with E-state index in [1.807, 2.05) is 36.4 Å². The van der Waals surface area contributed by atoms with Gasteiger partial charge in [0.1, 0.15) is 5.82 Å². The first-order valence-corrected chi connectivity index (χ1v) is 10.7. The van der Waals surface area contributed by atoms with Gasteiger partial charge in [-0.2, -0.15) is 10.1 Å². The van der Waals surface area contributed by atoms with E-state index in [1.165, 1.54) is 5.56 Å². The largest absolute Gasteiger partial charge is 0.384 e. The summed E-state index contributed by atoms with van der Waals surface area (Å²) in [6, 6.07) is 16.4. The molecule has 32 heavy (non-hydrogen) atoms. The number of anilines is 4. The quantitative estimate of drug-likeness (QED) is 0.367. The summed E-state index contributed by atoms with van der Waals surface area (Å²) in [5, 5.41) is 11.6. The van der Waals surface area contributed by atoms with E-state index >= 15 is 0 Å². The summed E-state index contributed by atoms with van der Waals surface area (Å²) in [6.45, 7) is 3.66. The lowest BCUT2D eigenvalue weighted by Gasteiger charge is -2.28. The number of H-pyrrole nitrogens is 1. The van der Waals surface area contributed by atoms with Gasteiger partial charge in [0, 0.05) is 37.0 Å². The van der Waals surface area contributed by atoms with E-state index in [-0.39, 0.29) is 5.95 Å². The van der Waals surface area contributed by atoms with Crippen LogP contribution in [0, 0.1) is 0 Å². The molecule has 4 aromatic rings. The third-order valence-corrected chi connectivity index (χ3v) is 5.62. The molecular formula is C23H26N8O. The minimum Gasteiger partial charge on any atom is -0.384 e. The molecule has 2 aromatic carbocycles. The van der Waals surface area contributed by atoms with Crippen molar-refractivity contribution in [2.24, 2.45) is 0 Å². The van der Waals surface area contributed by atoms with Crippen LogP contribution in [0.15, 0.2) is 48.5 Å². The second kappa shape index (κ2) is 8.72. The number of nitrogens with one attached hydrogen (secondary N) is 2. The maximum atomic E-state index is 6.15. The Bertz CT molecular complexity index is 1220. The fourth-order valence-corrected chi connectivity index (χ4v) is 4.01. The molecule has 6 N–H and O–H groups in total. The number of nitrogen functional groups attached to an aromatic ring is 2. The van der Waals surface area contributed by atoms with E-state index in [0.29, 0.717) is 19.0 Å². The Kier molecular flexibility index (Phi) is 5.47. The maximum absolute atomic E-state index is 6.15. The Morgan fingerprint density at radius 2 is 1.84 bits per heavy atom. The van der Waals surface area contributed by atoms with Crippen LogP contribution < -0.4 is 21.7 Å². The Balaban J connectivity index is 1.47. The second-order valence-electron chi connectivity index (χ2n) is 7.79. The van der Waals surface area contributed by atoms with E-state index in [4.69, 9.17) is 16.2 Å². The van der Waals surface area contributed by atoms with Crippen LogP contribution in [0.4, 0.5) is 23.3 Å². The van der Waals surface area contributed by atoms with Crippen molar-refractivity contribution in [1.82, 2.24) is 20.2 Å². The molecule has 0 spiro atoms. The summed E-state index contributed by atoms with van der Waals surface area (Å²) < 4.78 is 5.45. The monoisotopic (exact) mass is 430 g/mol. The molecule has 0 bridgehead atoms. The van der Waals surface area contributed by atoms with Crippen LogP contribution in [0.25, 0.3) is 22.2 Å². The highest BCUT2D eigenvalue weighted by atomic mass is 16.5. The van der Waals surface area contributed by atoms with Crippen molar-refractivity contribution < 1.29 is 4.74 Å². The number of rotatable bonds is 6. The summed E-state index contributed by atoms with van der Waals surface area (Å²) in [6.07, 6.45) is 0.895. The molecule has 0 radical (unpaired) electrons. The number of hydrogen-bond donors (Lipinski definition) is 4. The van der Waals surface area contributed by atoms with Crippen LogP contribution in [0.5, 0.6) is 0 Å². The number of benzene rings is 2. The van der Waals surface area contributed by atoms with Crippen molar-refractivity contribution in [2.75, 3.05) is 54.5 Å². The molecule has 0 aliphatic carbocycles. The van der Waals surface area contributed by atoms with Gasteiger partial charge in [0.25, 0.3) is 0 Å². The molecule has 0 atom stereocenters. The standard InChI is InChI=1S/C23H26N8O/c24-22-21-18(26-7-6-15-4-2-1-3-5-15)12-16(13-19(21)29-30-22)17-14-20(28-23(25)27-17)31-8-10-32-11-9-31/h1-5,12-14,26H,6-11H2,(H3,24,29,30)(H2,25,27,28). The number of hydrogen-bond acceptors (Lipinski definition) is 8. The summed E-state index contributed by atoms with van der Waals surface area (Å²) in [5.41, 5.74) is 16.9. The van der Waals surface area contributed by atoms with Gasteiger partial charge in [0.05, 0.1) is 29.8 Å². The maximum Gasteiger partial charge on any atom is 0.222 e. The van der Waals surface area contributed by atoms with Crippen LogP contribution in [-0.4, -0.2) is 53.0 Å². The van der Waals surface area contributed by atoms with Gasteiger partial charge in [-0.3, -0.25) is 5.10 Å².